The van der Waals surface area contributed by atoms with Gasteiger partial charge in [0, 0.05) is 72.5 Å². The zero-order valence-electron chi connectivity index (χ0n) is 24.6. The van der Waals surface area contributed by atoms with Gasteiger partial charge in [0.1, 0.15) is 0 Å². The first-order valence-corrected chi connectivity index (χ1v) is 14.4. The van der Waals surface area contributed by atoms with Crippen LogP contribution in [0, 0.1) is 0 Å². The van der Waals surface area contributed by atoms with Gasteiger partial charge < -0.3 is 25.3 Å². The van der Waals surface area contributed by atoms with E-state index in [1.165, 1.54) is 11.3 Å². The minimum Gasteiger partial charge on any atom is -0.369 e. The smallest absolute Gasteiger partial charge is 0.255 e. The molecular weight excluding hydrogens is 522 g/mol. The molecule has 2 aromatic heterocycles. The molecule has 1 fully saturated rings. The van der Waals surface area contributed by atoms with Crippen LogP contribution in [-0.2, 0) is 5.41 Å². The van der Waals surface area contributed by atoms with E-state index in [1.807, 2.05) is 65.3 Å². The van der Waals surface area contributed by atoms with Crippen molar-refractivity contribution >= 4 is 34.4 Å². The molecule has 1 saturated heterocycles. The highest BCUT2D eigenvalue weighted by Crippen LogP contribution is 2.28. The lowest BCUT2D eigenvalue weighted by atomic mass is 9.87. The molecule has 0 radical (unpaired) electrons. The summed E-state index contributed by atoms with van der Waals surface area (Å²) >= 11 is 0. The van der Waals surface area contributed by atoms with Crippen molar-refractivity contribution in [2.75, 3.05) is 35.2 Å². The molecule has 0 spiro atoms. The molecule has 1 aliphatic rings. The Balaban J connectivity index is 1.22. The van der Waals surface area contributed by atoms with Crippen LogP contribution in [0.1, 0.15) is 43.6 Å². The number of rotatable bonds is 6. The number of amides is 1. The number of piperazine rings is 1. The molecule has 0 saturated carbocycles. The van der Waals surface area contributed by atoms with Crippen LogP contribution >= 0.6 is 0 Å². The molecule has 3 aromatic carbocycles. The fourth-order valence-electron chi connectivity index (χ4n) is 5.29. The van der Waals surface area contributed by atoms with E-state index in [0.29, 0.717) is 23.1 Å². The van der Waals surface area contributed by atoms with Gasteiger partial charge in [0.25, 0.3) is 5.91 Å². The van der Waals surface area contributed by atoms with Crippen LogP contribution in [0.3, 0.4) is 0 Å². The summed E-state index contributed by atoms with van der Waals surface area (Å²) in [6.45, 7) is 11.7. The van der Waals surface area contributed by atoms with E-state index >= 15 is 0 Å². The molecule has 42 heavy (non-hydrogen) atoms. The maximum absolute atomic E-state index is 13.0. The van der Waals surface area contributed by atoms with Gasteiger partial charge in [0.2, 0.25) is 0 Å². The number of anilines is 4. The van der Waals surface area contributed by atoms with Crippen molar-refractivity contribution in [1.82, 2.24) is 19.7 Å². The molecular formula is C34H37N7O. The summed E-state index contributed by atoms with van der Waals surface area (Å²) in [7, 11) is 0. The average molecular weight is 560 g/mol. The Morgan fingerprint density at radius 3 is 2.52 bits per heavy atom. The number of carbonyl (C=O) groups excluding carboxylic acids is 1. The molecule has 8 heteroatoms. The van der Waals surface area contributed by atoms with Crippen molar-refractivity contribution in [1.29, 1.82) is 0 Å². The van der Waals surface area contributed by atoms with Gasteiger partial charge in [0.05, 0.1) is 5.69 Å². The Hall–Kier alpha value is -4.69. The van der Waals surface area contributed by atoms with Crippen LogP contribution in [-0.4, -0.2) is 46.0 Å². The van der Waals surface area contributed by atoms with Crippen molar-refractivity contribution in [3.63, 3.8) is 0 Å². The summed E-state index contributed by atoms with van der Waals surface area (Å²) < 4.78 is 1.96. The molecule has 0 unspecified atom stereocenters. The molecule has 0 bridgehead atoms. The first-order chi connectivity index (χ1) is 20.2. The van der Waals surface area contributed by atoms with Crippen LogP contribution in [0.15, 0.2) is 91.4 Å². The Morgan fingerprint density at radius 1 is 1.00 bits per heavy atom. The van der Waals surface area contributed by atoms with Crippen molar-refractivity contribution in [3.05, 3.63) is 103 Å². The summed E-state index contributed by atoms with van der Waals surface area (Å²) in [5.41, 5.74) is 7.09. The molecule has 5 aromatic rings. The van der Waals surface area contributed by atoms with Gasteiger partial charge in [-0.2, -0.15) is 0 Å². The molecule has 1 amide bonds. The van der Waals surface area contributed by atoms with E-state index in [9.17, 15) is 4.79 Å². The number of nitrogens with one attached hydrogen (secondary N) is 3. The Kier molecular flexibility index (Phi) is 7.39. The van der Waals surface area contributed by atoms with E-state index in [-0.39, 0.29) is 11.3 Å². The quantitative estimate of drug-likeness (QED) is 0.221. The highest BCUT2D eigenvalue weighted by molar-refractivity contribution is 6.04. The topological polar surface area (TPSA) is 86.6 Å². The molecule has 6 rings (SSSR count). The van der Waals surface area contributed by atoms with E-state index in [4.69, 9.17) is 4.98 Å². The fraction of sp³-hybridized carbons (Fsp3) is 0.265. The second-order valence-electron chi connectivity index (χ2n) is 12.0. The molecule has 214 valence electrons. The van der Waals surface area contributed by atoms with Gasteiger partial charge in [-0.05, 0) is 66.4 Å². The number of benzene rings is 3. The molecule has 3 N–H and O–H groups in total. The van der Waals surface area contributed by atoms with Crippen LogP contribution in [0.25, 0.3) is 16.9 Å². The van der Waals surface area contributed by atoms with Gasteiger partial charge in [-0.25, -0.2) is 9.97 Å². The molecule has 8 nitrogen and oxygen atoms in total. The highest BCUT2D eigenvalue weighted by atomic mass is 16.1. The van der Waals surface area contributed by atoms with E-state index in [1.54, 1.807) is 6.20 Å². The predicted octanol–water partition coefficient (Wildman–Crippen LogP) is 6.49. The summed E-state index contributed by atoms with van der Waals surface area (Å²) in [6.07, 6.45) is 5.63. The lowest BCUT2D eigenvalue weighted by Gasteiger charge is -2.33. The standard InChI is InChI=1S/C34H37N7O/c1-23-21-40(18-16-35-23)29-14-12-27(13-15-29)37-31-32-36-17-19-41(32)22-30(39-31)25-6-5-7-28(20-25)38-33(42)24-8-10-26(11-9-24)34(2,3)4/h5-15,17,19-20,22-23,35H,16,18,21H2,1-4H3,(H,37,39)(H,38,42)/t23-/m1/s1. The Morgan fingerprint density at radius 2 is 1.79 bits per heavy atom. The maximum atomic E-state index is 13.0. The summed E-state index contributed by atoms with van der Waals surface area (Å²) in [5.74, 6) is 0.515. The number of aromatic nitrogens is 3. The van der Waals surface area contributed by atoms with Crippen LogP contribution < -0.4 is 20.9 Å². The third-order valence-corrected chi connectivity index (χ3v) is 7.67. The first-order valence-electron chi connectivity index (χ1n) is 14.4. The number of imidazole rings is 1. The minimum absolute atomic E-state index is 0.0354. The van der Waals surface area contributed by atoms with Crippen molar-refractivity contribution in [2.24, 2.45) is 0 Å². The summed E-state index contributed by atoms with van der Waals surface area (Å²) in [6, 6.07) is 24.5. The number of nitrogens with zero attached hydrogens (tertiary/aromatic N) is 4. The van der Waals surface area contributed by atoms with Gasteiger partial charge >= 0.3 is 0 Å². The molecule has 1 atom stereocenters. The highest BCUT2D eigenvalue weighted by Gasteiger charge is 2.17. The van der Waals surface area contributed by atoms with E-state index in [0.717, 1.165) is 42.2 Å². The van der Waals surface area contributed by atoms with Crippen molar-refractivity contribution in [3.8, 4) is 11.3 Å². The van der Waals surface area contributed by atoms with Gasteiger partial charge in [-0.3, -0.25) is 4.79 Å². The Labute approximate surface area is 246 Å². The van der Waals surface area contributed by atoms with Crippen molar-refractivity contribution in [2.45, 2.75) is 39.2 Å². The van der Waals surface area contributed by atoms with Gasteiger partial charge in [-0.15, -0.1) is 0 Å². The van der Waals surface area contributed by atoms with Crippen LogP contribution in [0.5, 0.6) is 0 Å². The number of hydrogen-bond acceptors (Lipinski definition) is 6. The third kappa shape index (κ3) is 5.99. The maximum Gasteiger partial charge on any atom is 0.255 e. The number of fused-ring (bicyclic) bond motifs is 1. The zero-order chi connectivity index (χ0) is 29.3. The SMILES string of the molecule is C[C@@H]1CN(c2ccc(Nc3nc(-c4cccc(NC(=O)c5ccc(C(C)(C)C)cc5)c4)cn4ccnc34)cc2)CCN1. The minimum atomic E-state index is -0.147. The second-order valence-corrected chi connectivity index (χ2v) is 12.0. The Bertz CT molecular complexity index is 1700. The van der Waals surface area contributed by atoms with E-state index < -0.39 is 0 Å². The molecule has 0 aliphatic carbocycles. The zero-order valence-corrected chi connectivity index (χ0v) is 24.6. The predicted molar refractivity (Wildman–Crippen MR) is 171 cm³/mol. The second kappa shape index (κ2) is 11.3. The van der Waals surface area contributed by atoms with Crippen LogP contribution in [0.4, 0.5) is 22.9 Å². The van der Waals surface area contributed by atoms with Gasteiger partial charge in [0.15, 0.2) is 11.5 Å². The summed E-state index contributed by atoms with van der Waals surface area (Å²) in [5, 5.41) is 10.0. The van der Waals surface area contributed by atoms with Gasteiger partial charge in [-0.1, -0.05) is 45.0 Å². The lowest BCUT2D eigenvalue weighted by molar-refractivity contribution is 0.102. The first kappa shape index (κ1) is 27.5. The normalized spacial score (nSPS) is 15.5. The monoisotopic (exact) mass is 559 g/mol. The summed E-state index contributed by atoms with van der Waals surface area (Å²) in [4.78, 5) is 24.9. The average Bonchev–Trinajstić information content (AvgIpc) is 3.47. The van der Waals surface area contributed by atoms with Crippen LogP contribution in [0.2, 0.25) is 0 Å². The third-order valence-electron chi connectivity index (χ3n) is 7.67. The number of carbonyl (C=O) groups is 1. The molecule has 1 aliphatic heterocycles. The number of hydrogen-bond donors (Lipinski definition) is 3. The van der Waals surface area contributed by atoms with Crippen molar-refractivity contribution < 1.29 is 4.79 Å². The lowest BCUT2D eigenvalue weighted by Crippen LogP contribution is -2.49. The fourth-order valence-corrected chi connectivity index (χ4v) is 5.29. The largest absolute Gasteiger partial charge is 0.369 e. The van der Waals surface area contributed by atoms with E-state index in [2.05, 4.69) is 77.8 Å². The molecule has 3 heterocycles.